The predicted molar refractivity (Wildman–Crippen MR) is 54.2 cm³/mol. The first-order valence-corrected chi connectivity index (χ1v) is 4.54. The molecule has 1 aromatic carbocycles. The zero-order chi connectivity index (χ0) is 10.5. The molecule has 2 rings (SSSR count). The lowest BCUT2D eigenvalue weighted by atomic mass is 10.2. The highest BCUT2D eigenvalue weighted by molar-refractivity contribution is 5.42. The van der Waals surface area contributed by atoms with E-state index in [0.717, 1.165) is 5.76 Å². The van der Waals surface area contributed by atoms with Gasteiger partial charge in [0.25, 0.3) is 0 Å². The molecule has 3 heteroatoms. The van der Waals surface area contributed by atoms with Crippen molar-refractivity contribution in [2.75, 3.05) is 0 Å². The van der Waals surface area contributed by atoms with Crippen molar-refractivity contribution in [1.29, 1.82) is 5.26 Å². The Bertz CT molecular complexity index is 469. The van der Waals surface area contributed by atoms with E-state index in [9.17, 15) is 0 Å². The van der Waals surface area contributed by atoms with Gasteiger partial charge in [-0.3, -0.25) is 0 Å². The molecule has 3 nitrogen and oxygen atoms in total. The topological polar surface area (TPSA) is 46.2 Å². The third-order valence-corrected chi connectivity index (χ3v) is 1.96. The maximum Gasteiger partial charge on any atom is 0.146 e. The minimum atomic E-state index is 0.339. The normalized spacial score (nSPS) is 9.53. The lowest BCUT2D eigenvalue weighted by Gasteiger charge is -2.04. The van der Waals surface area contributed by atoms with Crippen LogP contribution in [-0.4, -0.2) is 0 Å². The van der Waals surface area contributed by atoms with Gasteiger partial charge in [-0.25, -0.2) is 0 Å². The highest BCUT2D eigenvalue weighted by Gasteiger charge is 2.02. The number of rotatable bonds is 3. The molecule has 1 heterocycles. The Morgan fingerprint density at radius 1 is 1.20 bits per heavy atom. The Morgan fingerprint density at radius 2 is 2.07 bits per heavy atom. The van der Waals surface area contributed by atoms with Crippen LogP contribution in [0.2, 0.25) is 0 Å². The van der Waals surface area contributed by atoms with E-state index >= 15 is 0 Å². The zero-order valence-corrected chi connectivity index (χ0v) is 8.01. The molecule has 2 aromatic rings. The van der Waals surface area contributed by atoms with Crippen molar-refractivity contribution < 1.29 is 9.15 Å². The number of ether oxygens (including phenoxy) is 1. The minimum Gasteiger partial charge on any atom is -0.484 e. The van der Waals surface area contributed by atoms with E-state index in [2.05, 4.69) is 6.07 Å². The second-order valence-electron chi connectivity index (χ2n) is 2.98. The van der Waals surface area contributed by atoms with Gasteiger partial charge in [0, 0.05) is 0 Å². The number of nitriles is 1. The number of furan rings is 1. The maximum absolute atomic E-state index is 8.82. The Labute approximate surface area is 87.5 Å². The molecule has 0 unspecified atom stereocenters. The second kappa shape index (κ2) is 4.34. The average molecular weight is 199 g/mol. The molecule has 0 atom stereocenters. The SMILES string of the molecule is N#Cc1ccccc1OCc1ccco1. The summed E-state index contributed by atoms with van der Waals surface area (Å²) in [6, 6.07) is 12.8. The van der Waals surface area contributed by atoms with E-state index in [1.807, 2.05) is 12.1 Å². The lowest BCUT2D eigenvalue weighted by molar-refractivity contribution is 0.269. The Hall–Kier alpha value is -2.21. The minimum absolute atomic E-state index is 0.339. The van der Waals surface area contributed by atoms with Gasteiger partial charge < -0.3 is 9.15 Å². The van der Waals surface area contributed by atoms with Gasteiger partial charge >= 0.3 is 0 Å². The molecule has 74 valence electrons. The van der Waals surface area contributed by atoms with Crippen molar-refractivity contribution in [3.8, 4) is 11.8 Å². The van der Waals surface area contributed by atoms with Gasteiger partial charge in [-0.05, 0) is 24.3 Å². The molecule has 15 heavy (non-hydrogen) atoms. The summed E-state index contributed by atoms with van der Waals surface area (Å²) < 4.78 is 10.6. The average Bonchev–Trinajstić information content (AvgIpc) is 2.79. The van der Waals surface area contributed by atoms with Gasteiger partial charge in [0.05, 0.1) is 11.8 Å². The smallest absolute Gasteiger partial charge is 0.146 e. The lowest BCUT2D eigenvalue weighted by Crippen LogP contribution is -1.95. The van der Waals surface area contributed by atoms with Crippen LogP contribution < -0.4 is 4.74 Å². The summed E-state index contributed by atoms with van der Waals surface area (Å²) in [6.07, 6.45) is 1.59. The molecule has 0 spiro atoms. The first kappa shape index (κ1) is 9.35. The van der Waals surface area contributed by atoms with Crippen LogP contribution in [-0.2, 0) is 6.61 Å². The van der Waals surface area contributed by atoms with Crippen LogP contribution in [0.15, 0.2) is 47.1 Å². The van der Waals surface area contributed by atoms with E-state index in [1.165, 1.54) is 0 Å². The first-order chi connectivity index (χ1) is 7.40. The molecular weight excluding hydrogens is 190 g/mol. The van der Waals surface area contributed by atoms with Crippen LogP contribution in [0.4, 0.5) is 0 Å². The quantitative estimate of drug-likeness (QED) is 0.763. The van der Waals surface area contributed by atoms with E-state index in [-0.39, 0.29) is 0 Å². The summed E-state index contributed by atoms with van der Waals surface area (Å²) in [5.41, 5.74) is 0.532. The van der Waals surface area contributed by atoms with E-state index < -0.39 is 0 Å². The largest absolute Gasteiger partial charge is 0.484 e. The molecule has 0 aliphatic rings. The van der Waals surface area contributed by atoms with Crippen LogP contribution in [0.5, 0.6) is 5.75 Å². The molecule has 0 aliphatic carbocycles. The van der Waals surface area contributed by atoms with Gasteiger partial charge in [0.1, 0.15) is 24.2 Å². The van der Waals surface area contributed by atoms with E-state index in [0.29, 0.717) is 17.9 Å². The zero-order valence-electron chi connectivity index (χ0n) is 8.01. The molecule has 0 bridgehead atoms. The second-order valence-corrected chi connectivity index (χ2v) is 2.98. The predicted octanol–water partition coefficient (Wildman–Crippen LogP) is 2.73. The summed E-state index contributed by atoms with van der Waals surface area (Å²) in [5.74, 6) is 1.32. The van der Waals surface area contributed by atoms with Gasteiger partial charge in [-0.15, -0.1) is 0 Å². The van der Waals surface area contributed by atoms with Crippen LogP contribution in [0.1, 0.15) is 11.3 Å². The van der Waals surface area contributed by atoms with Crippen molar-refractivity contribution >= 4 is 0 Å². The first-order valence-electron chi connectivity index (χ1n) is 4.54. The van der Waals surface area contributed by atoms with Crippen molar-refractivity contribution in [2.24, 2.45) is 0 Å². The molecule has 0 N–H and O–H groups in total. The van der Waals surface area contributed by atoms with Crippen molar-refractivity contribution in [3.05, 3.63) is 54.0 Å². The fraction of sp³-hybridized carbons (Fsp3) is 0.0833. The highest BCUT2D eigenvalue weighted by Crippen LogP contribution is 2.18. The summed E-state index contributed by atoms with van der Waals surface area (Å²) in [7, 11) is 0. The van der Waals surface area contributed by atoms with Gasteiger partial charge in [0.2, 0.25) is 0 Å². The fourth-order valence-corrected chi connectivity index (χ4v) is 1.23. The van der Waals surface area contributed by atoms with Crippen molar-refractivity contribution in [1.82, 2.24) is 0 Å². The monoisotopic (exact) mass is 199 g/mol. The van der Waals surface area contributed by atoms with E-state index in [4.69, 9.17) is 14.4 Å². The molecule has 0 aliphatic heterocycles. The summed E-state index contributed by atoms with van der Waals surface area (Å²) in [6.45, 7) is 0.339. The Morgan fingerprint density at radius 3 is 2.80 bits per heavy atom. The number of hydrogen-bond donors (Lipinski definition) is 0. The Balaban J connectivity index is 2.08. The summed E-state index contributed by atoms with van der Waals surface area (Å²) >= 11 is 0. The fourth-order valence-electron chi connectivity index (χ4n) is 1.23. The number of nitrogens with zero attached hydrogens (tertiary/aromatic N) is 1. The molecule has 0 saturated heterocycles. The van der Waals surface area contributed by atoms with Crippen LogP contribution in [0, 0.1) is 11.3 Å². The number of para-hydroxylation sites is 1. The van der Waals surface area contributed by atoms with Crippen LogP contribution in [0.25, 0.3) is 0 Å². The molecule has 0 saturated carbocycles. The van der Waals surface area contributed by atoms with Crippen LogP contribution >= 0.6 is 0 Å². The molecule has 0 radical (unpaired) electrons. The third kappa shape index (κ3) is 2.18. The number of hydrogen-bond acceptors (Lipinski definition) is 3. The molecule has 0 fully saturated rings. The number of benzene rings is 1. The highest BCUT2D eigenvalue weighted by atomic mass is 16.5. The van der Waals surface area contributed by atoms with Crippen molar-refractivity contribution in [2.45, 2.75) is 6.61 Å². The third-order valence-electron chi connectivity index (χ3n) is 1.96. The molecular formula is C12H9NO2. The summed E-state index contributed by atoms with van der Waals surface area (Å²) in [5, 5.41) is 8.82. The Kier molecular flexibility index (Phi) is 2.70. The van der Waals surface area contributed by atoms with Gasteiger partial charge in [0.15, 0.2) is 0 Å². The standard InChI is InChI=1S/C12H9NO2/c13-8-10-4-1-2-6-12(10)15-9-11-5-3-7-14-11/h1-7H,9H2. The maximum atomic E-state index is 8.82. The van der Waals surface area contributed by atoms with E-state index in [1.54, 1.807) is 30.5 Å². The molecule has 0 amide bonds. The van der Waals surface area contributed by atoms with Gasteiger partial charge in [-0.2, -0.15) is 5.26 Å². The van der Waals surface area contributed by atoms with Crippen molar-refractivity contribution in [3.63, 3.8) is 0 Å². The van der Waals surface area contributed by atoms with Crippen LogP contribution in [0.3, 0.4) is 0 Å². The van der Waals surface area contributed by atoms with Gasteiger partial charge in [-0.1, -0.05) is 12.1 Å². The molecule has 1 aromatic heterocycles. The summed E-state index contributed by atoms with van der Waals surface area (Å²) in [4.78, 5) is 0.